The first-order chi connectivity index (χ1) is 15.2. The molecule has 0 radical (unpaired) electrons. The first-order valence-corrected chi connectivity index (χ1v) is 10.4. The Hall–Kier alpha value is -3.48. The molecule has 2 aromatic carbocycles. The molecule has 0 fully saturated rings. The molecule has 0 aliphatic heterocycles. The molecule has 5 nitrogen and oxygen atoms in total. The Kier molecular flexibility index (Phi) is 5.59. The molecule has 0 amide bonds. The molecular formula is C25H25F2N3O2. The number of fused-ring (bicyclic) bond motifs is 1. The molecule has 1 N–H and O–H groups in total. The lowest BCUT2D eigenvalue weighted by Gasteiger charge is -2.20. The Labute approximate surface area is 184 Å². The van der Waals surface area contributed by atoms with E-state index in [0.29, 0.717) is 30.3 Å². The molecule has 4 rings (SSSR count). The number of benzene rings is 2. The molecule has 0 saturated heterocycles. The van der Waals surface area contributed by atoms with Crippen molar-refractivity contribution < 1.29 is 18.7 Å². The lowest BCUT2D eigenvalue weighted by molar-refractivity contribution is -0.147. The Morgan fingerprint density at radius 2 is 1.88 bits per heavy atom. The zero-order chi connectivity index (χ0) is 23.0. The topological polar surface area (TPSA) is 60.0 Å². The molecule has 32 heavy (non-hydrogen) atoms. The van der Waals surface area contributed by atoms with Crippen LogP contribution in [0.15, 0.2) is 55.1 Å². The van der Waals surface area contributed by atoms with E-state index in [1.165, 1.54) is 6.07 Å². The van der Waals surface area contributed by atoms with E-state index in [-0.39, 0.29) is 0 Å². The van der Waals surface area contributed by atoms with Crippen LogP contribution in [0.4, 0.5) is 8.78 Å². The molecule has 0 atom stereocenters. The maximum absolute atomic E-state index is 14.9. The van der Waals surface area contributed by atoms with Gasteiger partial charge in [0, 0.05) is 41.8 Å². The lowest BCUT2D eigenvalue weighted by atomic mass is 9.87. The van der Waals surface area contributed by atoms with Crippen molar-refractivity contribution in [1.29, 1.82) is 0 Å². The van der Waals surface area contributed by atoms with E-state index < -0.39 is 23.0 Å². The van der Waals surface area contributed by atoms with Gasteiger partial charge in [0.15, 0.2) is 0 Å². The predicted molar refractivity (Wildman–Crippen MR) is 119 cm³/mol. The summed E-state index contributed by atoms with van der Waals surface area (Å²) in [6.07, 6.45) is 6.08. The summed E-state index contributed by atoms with van der Waals surface area (Å²) in [6, 6.07) is 10.1. The zero-order valence-corrected chi connectivity index (χ0v) is 18.3. The molecule has 0 aliphatic rings. The SMILES string of the molecule is Cc1c(CCC(C)(C)C(=O)O)n(Cc2ccc(-n3ccnc3)cc2)c2c(F)cc(F)cc12. The highest BCUT2D eigenvalue weighted by Gasteiger charge is 2.28. The van der Waals surface area contributed by atoms with Crippen molar-refractivity contribution >= 4 is 16.9 Å². The Bertz CT molecular complexity index is 1270. The summed E-state index contributed by atoms with van der Waals surface area (Å²) >= 11 is 0. The first-order valence-electron chi connectivity index (χ1n) is 10.4. The second-order valence-electron chi connectivity index (χ2n) is 8.77. The van der Waals surface area contributed by atoms with Gasteiger partial charge in [0.05, 0.1) is 17.3 Å². The molecule has 2 heterocycles. The van der Waals surface area contributed by atoms with Crippen molar-refractivity contribution in [2.75, 3.05) is 0 Å². The zero-order valence-electron chi connectivity index (χ0n) is 18.3. The number of imidazole rings is 1. The number of hydrogen-bond donors (Lipinski definition) is 1. The first kappa shape index (κ1) is 21.7. The molecule has 7 heteroatoms. The van der Waals surface area contributed by atoms with Gasteiger partial charge in [-0.1, -0.05) is 12.1 Å². The Balaban J connectivity index is 1.75. The van der Waals surface area contributed by atoms with Crippen molar-refractivity contribution in [2.45, 2.75) is 40.2 Å². The quantitative estimate of drug-likeness (QED) is 0.415. The van der Waals surface area contributed by atoms with Crippen LogP contribution >= 0.6 is 0 Å². The van der Waals surface area contributed by atoms with Crippen LogP contribution in [0.3, 0.4) is 0 Å². The third-order valence-corrected chi connectivity index (χ3v) is 6.11. The highest BCUT2D eigenvalue weighted by molar-refractivity contribution is 5.86. The van der Waals surface area contributed by atoms with Crippen LogP contribution in [0.5, 0.6) is 0 Å². The van der Waals surface area contributed by atoms with Crippen LogP contribution in [0, 0.1) is 24.0 Å². The molecule has 0 bridgehead atoms. The number of aryl methyl sites for hydroxylation is 1. The average molecular weight is 437 g/mol. The fourth-order valence-corrected chi connectivity index (χ4v) is 4.02. The fraction of sp³-hybridized carbons (Fsp3) is 0.280. The van der Waals surface area contributed by atoms with Crippen LogP contribution in [0.1, 0.15) is 37.1 Å². The van der Waals surface area contributed by atoms with E-state index >= 15 is 0 Å². The van der Waals surface area contributed by atoms with Gasteiger partial charge >= 0.3 is 5.97 Å². The van der Waals surface area contributed by atoms with Crippen molar-refractivity contribution in [3.8, 4) is 5.69 Å². The average Bonchev–Trinajstić information content (AvgIpc) is 3.35. The van der Waals surface area contributed by atoms with E-state index in [1.54, 1.807) is 26.4 Å². The third kappa shape index (κ3) is 4.02. The number of nitrogens with zero attached hydrogens (tertiary/aromatic N) is 3. The van der Waals surface area contributed by atoms with Gasteiger partial charge in [-0.25, -0.2) is 13.8 Å². The summed E-state index contributed by atoms with van der Waals surface area (Å²) < 4.78 is 32.6. The smallest absolute Gasteiger partial charge is 0.309 e. The largest absolute Gasteiger partial charge is 0.481 e. The minimum atomic E-state index is -0.927. The van der Waals surface area contributed by atoms with Crippen LogP contribution in [-0.4, -0.2) is 25.2 Å². The molecular weight excluding hydrogens is 412 g/mol. The molecule has 166 valence electrons. The number of aromatic nitrogens is 3. The number of halogens is 2. The third-order valence-electron chi connectivity index (χ3n) is 6.11. The van der Waals surface area contributed by atoms with Gasteiger partial charge < -0.3 is 14.2 Å². The predicted octanol–water partition coefficient (Wildman–Crippen LogP) is 5.51. The molecule has 0 saturated carbocycles. The second kappa shape index (κ2) is 8.22. The minimum absolute atomic E-state index is 0.339. The van der Waals surface area contributed by atoms with E-state index in [1.807, 2.05) is 46.5 Å². The normalized spacial score (nSPS) is 11.9. The fourth-order valence-electron chi connectivity index (χ4n) is 4.02. The number of carbonyl (C=O) groups is 1. The van der Waals surface area contributed by atoms with Gasteiger partial charge in [-0.15, -0.1) is 0 Å². The summed E-state index contributed by atoms with van der Waals surface area (Å²) in [4.78, 5) is 15.6. The molecule has 0 aliphatic carbocycles. The molecule has 2 aromatic heterocycles. The second-order valence-corrected chi connectivity index (χ2v) is 8.77. The maximum Gasteiger partial charge on any atom is 0.309 e. The van der Waals surface area contributed by atoms with Crippen LogP contribution in [0.25, 0.3) is 16.6 Å². The van der Waals surface area contributed by atoms with Crippen molar-refractivity contribution in [1.82, 2.24) is 14.1 Å². The number of carboxylic acid groups (broad SMARTS) is 1. The van der Waals surface area contributed by atoms with Gasteiger partial charge in [-0.3, -0.25) is 4.79 Å². The lowest BCUT2D eigenvalue weighted by Crippen LogP contribution is -2.24. The highest BCUT2D eigenvalue weighted by atomic mass is 19.1. The summed E-state index contributed by atoms with van der Waals surface area (Å²) in [6.45, 7) is 5.57. The van der Waals surface area contributed by atoms with Crippen LogP contribution < -0.4 is 0 Å². The van der Waals surface area contributed by atoms with Crippen molar-refractivity contribution in [3.05, 3.63) is 83.6 Å². The van der Waals surface area contributed by atoms with Crippen LogP contribution in [0.2, 0.25) is 0 Å². The Morgan fingerprint density at radius 3 is 2.50 bits per heavy atom. The van der Waals surface area contributed by atoms with Crippen molar-refractivity contribution in [3.63, 3.8) is 0 Å². The van der Waals surface area contributed by atoms with Gasteiger partial charge in [-0.2, -0.15) is 0 Å². The molecule has 4 aromatic rings. The summed E-state index contributed by atoms with van der Waals surface area (Å²) in [5, 5.41) is 10.0. The number of rotatable bonds is 7. The van der Waals surface area contributed by atoms with E-state index in [2.05, 4.69) is 4.98 Å². The summed E-state index contributed by atoms with van der Waals surface area (Å²) in [7, 11) is 0. The van der Waals surface area contributed by atoms with Gasteiger partial charge in [0.2, 0.25) is 0 Å². The van der Waals surface area contributed by atoms with Gasteiger partial charge in [0.25, 0.3) is 0 Å². The van der Waals surface area contributed by atoms with E-state index in [4.69, 9.17) is 0 Å². The standard InChI is InChI=1S/C25H25F2N3O2/c1-16-20-12-18(26)13-21(27)23(20)30(22(16)8-9-25(2,3)24(31)32)14-17-4-6-19(7-5-17)29-11-10-28-15-29/h4-7,10-13,15H,8-9,14H2,1-3H3,(H,31,32). The van der Waals surface area contributed by atoms with Gasteiger partial charge in [0.1, 0.15) is 11.6 Å². The minimum Gasteiger partial charge on any atom is -0.481 e. The molecule has 0 spiro atoms. The maximum atomic E-state index is 14.9. The number of hydrogen-bond acceptors (Lipinski definition) is 2. The van der Waals surface area contributed by atoms with Crippen LogP contribution in [-0.2, 0) is 17.8 Å². The van der Waals surface area contributed by atoms with Crippen molar-refractivity contribution in [2.24, 2.45) is 5.41 Å². The summed E-state index contributed by atoms with van der Waals surface area (Å²) in [5.74, 6) is -2.13. The van der Waals surface area contributed by atoms with E-state index in [9.17, 15) is 18.7 Å². The van der Waals surface area contributed by atoms with Gasteiger partial charge in [-0.05, 0) is 62.9 Å². The molecule has 0 unspecified atom stereocenters. The monoisotopic (exact) mass is 437 g/mol. The highest BCUT2D eigenvalue weighted by Crippen LogP contribution is 2.33. The van der Waals surface area contributed by atoms with E-state index in [0.717, 1.165) is 28.6 Å². The summed E-state index contributed by atoms with van der Waals surface area (Å²) in [5.41, 5.74) is 2.91. The number of aliphatic carboxylic acids is 1. The Morgan fingerprint density at radius 1 is 1.16 bits per heavy atom. The number of carboxylic acids is 1.